The van der Waals surface area contributed by atoms with Crippen LogP contribution in [0.2, 0.25) is 5.82 Å². The van der Waals surface area contributed by atoms with Crippen LogP contribution in [0.3, 0.4) is 0 Å². The lowest BCUT2D eigenvalue weighted by Crippen LogP contribution is -2.41. The van der Waals surface area contributed by atoms with Gasteiger partial charge in [-0.1, -0.05) is 18.2 Å². The monoisotopic (exact) mass is 295 g/mol. The predicted octanol–water partition coefficient (Wildman–Crippen LogP) is 4.18. The minimum Gasteiger partial charge on any atom is -0.403 e. The van der Waals surface area contributed by atoms with Gasteiger partial charge in [0.15, 0.2) is 0 Å². The Morgan fingerprint density at radius 1 is 1.09 bits per heavy atom. The second-order valence-corrected chi connectivity index (χ2v) is 7.59. The van der Waals surface area contributed by atoms with E-state index in [9.17, 15) is 0 Å². The normalized spacial score (nSPS) is 29.0. The fourth-order valence-corrected chi connectivity index (χ4v) is 3.28. The van der Waals surface area contributed by atoms with Crippen molar-refractivity contribution in [1.29, 1.82) is 0 Å². The zero-order valence-electron chi connectivity index (χ0n) is 13.7. The SMILES string of the molecule is CC1(C)OB([C@H]2C[C@@H]2c2ccc3cccnc3c2)OC1(C)C. The fraction of sp³-hybridized carbons (Fsp3) is 0.500. The van der Waals surface area contributed by atoms with Gasteiger partial charge in [-0.15, -0.1) is 0 Å². The number of hydrogen-bond acceptors (Lipinski definition) is 3. The Morgan fingerprint density at radius 2 is 1.82 bits per heavy atom. The van der Waals surface area contributed by atoms with Crippen molar-refractivity contribution >= 4 is 18.0 Å². The molecular formula is C18H22BNO2. The first-order valence-corrected chi connectivity index (χ1v) is 8.08. The number of rotatable bonds is 2. The maximum atomic E-state index is 6.19. The van der Waals surface area contributed by atoms with Crippen molar-refractivity contribution in [3.05, 3.63) is 42.1 Å². The molecule has 0 radical (unpaired) electrons. The molecule has 0 spiro atoms. The molecule has 1 aliphatic carbocycles. The van der Waals surface area contributed by atoms with Crippen LogP contribution in [-0.2, 0) is 9.31 Å². The van der Waals surface area contributed by atoms with Gasteiger partial charge in [0.25, 0.3) is 0 Å². The highest BCUT2D eigenvalue weighted by Gasteiger charge is 2.59. The molecule has 2 atom stereocenters. The third kappa shape index (κ3) is 2.17. The summed E-state index contributed by atoms with van der Waals surface area (Å²) >= 11 is 0. The number of benzene rings is 1. The Morgan fingerprint density at radius 3 is 2.55 bits per heavy atom. The van der Waals surface area contributed by atoms with Crippen LogP contribution in [-0.4, -0.2) is 23.3 Å². The summed E-state index contributed by atoms with van der Waals surface area (Å²) in [4.78, 5) is 4.46. The van der Waals surface area contributed by atoms with Gasteiger partial charge in [-0.3, -0.25) is 4.98 Å². The van der Waals surface area contributed by atoms with Gasteiger partial charge in [0.05, 0.1) is 16.7 Å². The molecule has 2 aromatic rings. The van der Waals surface area contributed by atoms with Gasteiger partial charge in [0.1, 0.15) is 0 Å². The average Bonchev–Trinajstić information content (AvgIpc) is 3.22. The van der Waals surface area contributed by atoms with Crippen molar-refractivity contribution in [1.82, 2.24) is 4.98 Å². The Labute approximate surface area is 132 Å². The van der Waals surface area contributed by atoms with Gasteiger partial charge in [-0.2, -0.15) is 0 Å². The zero-order chi connectivity index (χ0) is 15.5. The molecule has 0 amide bonds. The molecule has 1 aliphatic heterocycles. The van der Waals surface area contributed by atoms with E-state index in [2.05, 4.69) is 56.9 Å². The maximum absolute atomic E-state index is 6.19. The Hall–Kier alpha value is -1.39. The minimum absolute atomic E-state index is 0.0885. The molecule has 1 saturated carbocycles. The molecule has 114 valence electrons. The van der Waals surface area contributed by atoms with Gasteiger partial charge in [0.2, 0.25) is 0 Å². The van der Waals surface area contributed by atoms with Crippen molar-refractivity contribution in [3.63, 3.8) is 0 Å². The van der Waals surface area contributed by atoms with Gasteiger partial charge in [-0.05, 0) is 57.7 Å². The van der Waals surface area contributed by atoms with Crippen LogP contribution < -0.4 is 0 Å². The van der Waals surface area contributed by atoms with Crippen LogP contribution in [0, 0.1) is 0 Å². The predicted molar refractivity (Wildman–Crippen MR) is 88.9 cm³/mol. The number of nitrogens with zero attached hydrogens (tertiary/aromatic N) is 1. The van der Waals surface area contributed by atoms with Gasteiger partial charge in [-0.25, -0.2) is 0 Å². The summed E-state index contributed by atoms with van der Waals surface area (Å²) in [5, 5.41) is 1.19. The Balaban J connectivity index is 1.54. The summed E-state index contributed by atoms with van der Waals surface area (Å²) in [5.74, 6) is 0.989. The van der Waals surface area contributed by atoms with E-state index in [0.717, 1.165) is 11.9 Å². The number of fused-ring (bicyclic) bond motifs is 1. The Kier molecular flexibility index (Phi) is 2.95. The fourth-order valence-electron chi connectivity index (χ4n) is 3.28. The van der Waals surface area contributed by atoms with Crippen molar-refractivity contribution in [2.45, 2.75) is 57.1 Å². The molecule has 1 aromatic heterocycles. The standard InChI is InChI=1S/C18H22BNO2/c1-17(2)18(3,4)22-19(21-17)15-11-14(15)13-8-7-12-6-5-9-20-16(12)10-13/h5-10,14-15H,11H2,1-4H3/t14-,15+/m1/s1. The van der Waals surface area contributed by atoms with Gasteiger partial charge < -0.3 is 9.31 Å². The lowest BCUT2D eigenvalue weighted by Gasteiger charge is -2.32. The van der Waals surface area contributed by atoms with E-state index in [-0.39, 0.29) is 18.3 Å². The first kappa shape index (κ1) is 14.2. The summed E-state index contributed by atoms with van der Waals surface area (Å²) < 4.78 is 12.4. The molecule has 2 fully saturated rings. The zero-order valence-corrected chi connectivity index (χ0v) is 13.7. The highest BCUT2D eigenvalue weighted by Crippen LogP contribution is 2.58. The van der Waals surface area contributed by atoms with E-state index in [4.69, 9.17) is 9.31 Å². The summed E-state index contributed by atoms with van der Waals surface area (Å²) in [6.07, 6.45) is 2.99. The third-order valence-corrected chi connectivity index (χ3v) is 5.52. The van der Waals surface area contributed by atoms with Crippen molar-refractivity contribution in [3.8, 4) is 0 Å². The van der Waals surface area contributed by atoms with Crippen molar-refractivity contribution in [2.75, 3.05) is 0 Å². The number of aromatic nitrogens is 1. The van der Waals surface area contributed by atoms with Crippen molar-refractivity contribution in [2.24, 2.45) is 0 Å². The first-order valence-electron chi connectivity index (χ1n) is 8.08. The van der Waals surface area contributed by atoms with Gasteiger partial charge in [0, 0.05) is 17.4 Å². The molecular weight excluding hydrogens is 273 g/mol. The molecule has 22 heavy (non-hydrogen) atoms. The highest BCUT2D eigenvalue weighted by atomic mass is 16.7. The maximum Gasteiger partial charge on any atom is 0.461 e. The smallest absolute Gasteiger partial charge is 0.403 e. The van der Waals surface area contributed by atoms with E-state index in [0.29, 0.717) is 11.7 Å². The number of hydrogen-bond donors (Lipinski definition) is 0. The molecule has 0 bridgehead atoms. The third-order valence-electron chi connectivity index (χ3n) is 5.52. The molecule has 1 aromatic carbocycles. The molecule has 0 unspecified atom stereocenters. The van der Waals surface area contributed by atoms with Crippen molar-refractivity contribution < 1.29 is 9.31 Å². The lowest BCUT2D eigenvalue weighted by atomic mass is 9.79. The summed E-state index contributed by atoms with van der Waals surface area (Å²) in [7, 11) is -0.0885. The van der Waals surface area contributed by atoms with Crippen LogP contribution >= 0.6 is 0 Å². The molecule has 4 heteroatoms. The first-order chi connectivity index (χ1) is 10.4. The molecule has 4 rings (SSSR count). The van der Waals surface area contributed by atoms with E-state index < -0.39 is 0 Å². The van der Waals surface area contributed by atoms with Crippen LogP contribution in [0.5, 0.6) is 0 Å². The lowest BCUT2D eigenvalue weighted by molar-refractivity contribution is 0.00578. The number of pyridine rings is 1. The van der Waals surface area contributed by atoms with Crippen LogP contribution in [0.15, 0.2) is 36.5 Å². The van der Waals surface area contributed by atoms with Crippen LogP contribution in [0.4, 0.5) is 0 Å². The van der Waals surface area contributed by atoms with E-state index >= 15 is 0 Å². The van der Waals surface area contributed by atoms with Crippen LogP contribution in [0.25, 0.3) is 10.9 Å². The van der Waals surface area contributed by atoms with Gasteiger partial charge >= 0.3 is 7.12 Å². The van der Waals surface area contributed by atoms with E-state index in [1.54, 1.807) is 0 Å². The molecule has 0 N–H and O–H groups in total. The quantitative estimate of drug-likeness (QED) is 0.779. The summed E-state index contributed by atoms with van der Waals surface area (Å²) in [5.41, 5.74) is 1.94. The summed E-state index contributed by atoms with van der Waals surface area (Å²) in [6.45, 7) is 8.46. The highest BCUT2D eigenvalue weighted by molar-refractivity contribution is 6.49. The van der Waals surface area contributed by atoms with E-state index in [1.807, 2.05) is 12.3 Å². The second kappa shape index (κ2) is 4.56. The summed E-state index contributed by atoms with van der Waals surface area (Å²) in [6, 6.07) is 10.7. The topological polar surface area (TPSA) is 31.4 Å². The average molecular weight is 295 g/mol. The van der Waals surface area contributed by atoms with Crippen LogP contribution in [0.1, 0.15) is 45.6 Å². The second-order valence-electron chi connectivity index (χ2n) is 7.59. The minimum atomic E-state index is -0.240. The molecule has 2 aliphatic rings. The largest absolute Gasteiger partial charge is 0.461 e. The Bertz CT molecular complexity index is 712. The van der Waals surface area contributed by atoms with E-state index in [1.165, 1.54) is 10.9 Å². The molecule has 2 heterocycles. The molecule has 3 nitrogen and oxygen atoms in total. The molecule has 1 saturated heterocycles.